The molecule has 2 aromatic carbocycles. The molecule has 0 saturated carbocycles. The van der Waals surface area contributed by atoms with Crippen LogP contribution in [0.3, 0.4) is 0 Å². The first-order chi connectivity index (χ1) is 13.2. The average Bonchev–Trinajstić information content (AvgIpc) is 2.66. The molecule has 0 bridgehead atoms. The fourth-order valence-electron chi connectivity index (χ4n) is 3.11. The summed E-state index contributed by atoms with van der Waals surface area (Å²) in [6.45, 7) is 4.27. The van der Waals surface area contributed by atoms with E-state index in [1.807, 2.05) is 37.3 Å². The van der Waals surface area contributed by atoms with Gasteiger partial charge in [-0.25, -0.2) is 18.4 Å². The molecule has 0 amide bonds. The van der Waals surface area contributed by atoms with E-state index >= 15 is 0 Å². The van der Waals surface area contributed by atoms with Crippen LogP contribution in [0.25, 0.3) is 10.9 Å². The van der Waals surface area contributed by atoms with E-state index in [0.717, 1.165) is 5.56 Å². The molecule has 6 nitrogen and oxygen atoms in total. The van der Waals surface area contributed by atoms with Crippen molar-refractivity contribution in [2.45, 2.75) is 31.3 Å². The summed E-state index contributed by atoms with van der Waals surface area (Å²) < 4.78 is 23.8. The SMILES string of the molecule is CC(O)C(C)(CNc1ncnc2ccc(S(C)(=O)=O)cc12)Cc1ccccc1. The average molecular weight is 400 g/mol. The molecule has 0 aliphatic rings. The van der Waals surface area contributed by atoms with Gasteiger partial charge in [-0.15, -0.1) is 0 Å². The van der Waals surface area contributed by atoms with Crippen LogP contribution in [0.2, 0.25) is 0 Å². The summed E-state index contributed by atoms with van der Waals surface area (Å²) in [7, 11) is -3.33. The molecule has 0 radical (unpaired) electrons. The summed E-state index contributed by atoms with van der Waals surface area (Å²) in [6.07, 6.45) is 2.76. The number of sulfone groups is 1. The number of aliphatic hydroxyl groups is 1. The molecule has 2 unspecified atom stereocenters. The van der Waals surface area contributed by atoms with Crippen LogP contribution in [0.1, 0.15) is 19.4 Å². The lowest BCUT2D eigenvalue weighted by molar-refractivity contribution is 0.0619. The van der Waals surface area contributed by atoms with E-state index in [9.17, 15) is 13.5 Å². The summed E-state index contributed by atoms with van der Waals surface area (Å²) in [5.41, 5.74) is 1.36. The minimum absolute atomic E-state index is 0.223. The van der Waals surface area contributed by atoms with Crippen LogP contribution in [-0.2, 0) is 16.3 Å². The zero-order chi connectivity index (χ0) is 20.4. The lowest BCUT2D eigenvalue weighted by Gasteiger charge is -2.33. The molecular formula is C21H25N3O3S. The van der Waals surface area contributed by atoms with Gasteiger partial charge >= 0.3 is 0 Å². The fourth-order valence-corrected chi connectivity index (χ4v) is 3.76. The van der Waals surface area contributed by atoms with Crippen molar-refractivity contribution < 1.29 is 13.5 Å². The van der Waals surface area contributed by atoms with Crippen LogP contribution < -0.4 is 5.32 Å². The van der Waals surface area contributed by atoms with Gasteiger partial charge in [0.15, 0.2) is 9.84 Å². The molecule has 7 heteroatoms. The molecule has 28 heavy (non-hydrogen) atoms. The van der Waals surface area contributed by atoms with Crippen LogP contribution >= 0.6 is 0 Å². The molecular weight excluding hydrogens is 374 g/mol. The monoisotopic (exact) mass is 399 g/mol. The van der Waals surface area contributed by atoms with Gasteiger partial charge in [0.05, 0.1) is 16.5 Å². The van der Waals surface area contributed by atoms with Crippen molar-refractivity contribution in [1.82, 2.24) is 9.97 Å². The molecule has 1 aromatic heterocycles. The molecule has 2 atom stereocenters. The highest BCUT2D eigenvalue weighted by Crippen LogP contribution is 2.29. The Morgan fingerprint density at radius 3 is 2.50 bits per heavy atom. The van der Waals surface area contributed by atoms with Crippen molar-refractivity contribution >= 4 is 26.6 Å². The maximum Gasteiger partial charge on any atom is 0.175 e. The molecule has 0 saturated heterocycles. The number of nitrogens with one attached hydrogen (secondary N) is 1. The number of anilines is 1. The standard InChI is InChI=1S/C21H25N3O3S/c1-15(25)21(2,12-16-7-5-4-6-8-16)13-22-20-18-11-17(28(3,26)27)9-10-19(18)23-14-24-20/h4-11,14-15,25H,12-13H2,1-3H3,(H,22,23,24). The molecule has 148 valence electrons. The van der Waals surface area contributed by atoms with Gasteiger partial charge in [0, 0.05) is 23.6 Å². The highest BCUT2D eigenvalue weighted by molar-refractivity contribution is 7.90. The fraction of sp³-hybridized carbons (Fsp3) is 0.333. The van der Waals surface area contributed by atoms with E-state index in [0.29, 0.717) is 29.7 Å². The molecule has 0 spiro atoms. The number of benzene rings is 2. The molecule has 3 aromatic rings. The lowest BCUT2D eigenvalue weighted by atomic mass is 9.79. The van der Waals surface area contributed by atoms with Crippen LogP contribution in [0.5, 0.6) is 0 Å². The second-order valence-electron chi connectivity index (χ2n) is 7.52. The predicted molar refractivity (Wildman–Crippen MR) is 111 cm³/mol. The third kappa shape index (κ3) is 4.48. The number of hydrogen-bond donors (Lipinski definition) is 2. The van der Waals surface area contributed by atoms with Crippen LogP contribution in [0.15, 0.2) is 59.8 Å². The number of rotatable bonds is 7. The Morgan fingerprint density at radius 2 is 1.86 bits per heavy atom. The van der Waals surface area contributed by atoms with Gasteiger partial charge in [-0.2, -0.15) is 0 Å². The Bertz CT molecular complexity index is 1070. The first kappa shape index (κ1) is 20.2. The summed E-state index contributed by atoms with van der Waals surface area (Å²) >= 11 is 0. The normalized spacial score (nSPS) is 15.1. The minimum Gasteiger partial charge on any atom is -0.393 e. The zero-order valence-electron chi connectivity index (χ0n) is 16.3. The van der Waals surface area contributed by atoms with E-state index in [-0.39, 0.29) is 4.90 Å². The van der Waals surface area contributed by atoms with Crippen molar-refractivity contribution in [2.24, 2.45) is 5.41 Å². The molecule has 0 fully saturated rings. The smallest absolute Gasteiger partial charge is 0.175 e. The molecule has 3 rings (SSSR count). The third-order valence-corrected chi connectivity index (χ3v) is 6.26. The highest BCUT2D eigenvalue weighted by Gasteiger charge is 2.30. The van der Waals surface area contributed by atoms with E-state index in [2.05, 4.69) is 15.3 Å². The second kappa shape index (κ2) is 7.85. The molecule has 2 N–H and O–H groups in total. The number of hydrogen-bond acceptors (Lipinski definition) is 6. The first-order valence-corrected chi connectivity index (χ1v) is 11.0. The Balaban J connectivity index is 1.90. The first-order valence-electron chi connectivity index (χ1n) is 9.10. The van der Waals surface area contributed by atoms with Gasteiger partial charge in [-0.05, 0) is 37.1 Å². The van der Waals surface area contributed by atoms with Gasteiger partial charge in [0.1, 0.15) is 12.1 Å². The van der Waals surface area contributed by atoms with E-state index in [4.69, 9.17) is 0 Å². The summed E-state index contributed by atoms with van der Waals surface area (Å²) in [5, 5.41) is 14.4. The van der Waals surface area contributed by atoms with Crippen molar-refractivity contribution in [3.05, 3.63) is 60.4 Å². The van der Waals surface area contributed by atoms with Gasteiger partial charge in [0.2, 0.25) is 0 Å². The zero-order valence-corrected chi connectivity index (χ0v) is 17.1. The van der Waals surface area contributed by atoms with Gasteiger partial charge in [0.25, 0.3) is 0 Å². The van der Waals surface area contributed by atoms with Crippen LogP contribution in [-0.4, -0.2) is 42.4 Å². The Kier molecular flexibility index (Phi) is 5.67. The Hall–Kier alpha value is -2.51. The van der Waals surface area contributed by atoms with Gasteiger partial charge in [-0.3, -0.25) is 0 Å². The summed E-state index contributed by atoms with van der Waals surface area (Å²) in [4.78, 5) is 8.74. The summed E-state index contributed by atoms with van der Waals surface area (Å²) in [5.74, 6) is 0.551. The maximum absolute atomic E-state index is 11.9. The Labute approximate surface area is 165 Å². The van der Waals surface area contributed by atoms with Crippen molar-refractivity contribution in [3.63, 3.8) is 0 Å². The molecule has 0 aliphatic heterocycles. The quantitative estimate of drug-likeness (QED) is 0.634. The highest BCUT2D eigenvalue weighted by atomic mass is 32.2. The predicted octanol–water partition coefficient (Wildman–Crippen LogP) is 3.08. The minimum atomic E-state index is -3.33. The van der Waals surface area contributed by atoms with Crippen molar-refractivity contribution in [3.8, 4) is 0 Å². The van der Waals surface area contributed by atoms with Crippen molar-refractivity contribution in [1.29, 1.82) is 0 Å². The van der Waals surface area contributed by atoms with Crippen LogP contribution in [0, 0.1) is 5.41 Å². The van der Waals surface area contributed by atoms with Crippen LogP contribution in [0.4, 0.5) is 5.82 Å². The number of aromatic nitrogens is 2. The lowest BCUT2D eigenvalue weighted by Crippen LogP contribution is -2.39. The number of fused-ring (bicyclic) bond motifs is 1. The van der Waals surface area contributed by atoms with Gasteiger partial charge in [-0.1, -0.05) is 37.3 Å². The summed E-state index contributed by atoms with van der Waals surface area (Å²) in [6, 6.07) is 14.8. The maximum atomic E-state index is 11.9. The molecule has 1 heterocycles. The van der Waals surface area contributed by atoms with E-state index in [1.54, 1.807) is 25.1 Å². The Morgan fingerprint density at radius 1 is 1.14 bits per heavy atom. The van der Waals surface area contributed by atoms with Gasteiger partial charge < -0.3 is 10.4 Å². The third-order valence-electron chi connectivity index (χ3n) is 5.15. The number of nitrogens with zero attached hydrogens (tertiary/aromatic N) is 2. The number of aliphatic hydroxyl groups excluding tert-OH is 1. The van der Waals surface area contributed by atoms with E-state index < -0.39 is 21.4 Å². The largest absolute Gasteiger partial charge is 0.393 e. The van der Waals surface area contributed by atoms with Crippen molar-refractivity contribution in [2.75, 3.05) is 18.1 Å². The van der Waals surface area contributed by atoms with E-state index in [1.165, 1.54) is 12.6 Å². The molecule has 0 aliphatic carbocycles. The second-order valence-corrected chi connectivity index (χ2v) is 9.54. The topological polar surface area (TPSA) is 92.2 Å².